The summed E-state index contributed by atoms with van der Waals surface area (Å²) in [5, 5.41) is 9.11. The van der Waals surface area contributed by atoms with Gasteiger partial charge in [0, 0.05) is 18.6 Å². The number of aliphatic imine (C=N–C) groups is 1. The Labute approximate surface area is 141 Å². The maximum Gasteiger partial charge on any atom is 0.328 e. The molecule has 1 saturated carbocycles. The molecule has 5 nitrogen and oxygen atoms in total. The Kier molecular flexibility index (Phi) is 6.01. The average molecular weight is 329 g/mol. The number of aliphatic carboxylic acids is 1. The van der Waals surface area contributed by atoms with Crippen LogP contribution < -0.4 is 0 Å². The summed E-state index contributed by atoms with van der Waals surface area (Å²) < 4.78 is 0. The summed E-state index contributed by atoms with van der Waals surface area (Å²) in [7, 11) is 0. The zero-order chi connectivity index (χ0) is 17.7. The third kappa shape index (κ3) is 4.16. The molecule has 0 unspecified atom stereocenters. The second-order valence-electron chi connectivity index (χ2n) is 6.27. The van der Waals surface area contributed by atoms with E-state index < -0.39 is 17.9 Å². The number of nitrogens with zero attached hydrogens (tertiary/aromatic N) is 1. The fourth-order valence-electron chi connectivity index (χ4n) is 3.14. The molecule has 0 aliphatic heterocycles. The molecular weight excluding hydrogens is 306 g/mol. The summed E-state index contributed by atoms with van der Waals surface area (Å²) >= 11 is 0. The molecule has 0 aromatic heterocycles. The molecule has 5 heteroatoms. The maximum atomic E-state index is 12.6. The van der Waals surface area contributed by atoms with Crippen LogP contribution in [0.3, 0.4) is 0 Å². The number of carbonyl (C=O) groups is 3. The van der Waals surface area contributed by atoms with Crippen molar-refractivity contribution in [3.63, 3.8) is 0 Å². The molecule has 24 heavy (non-hydrogen) atoms. The molecule has 0 amide bonds. The first-order chi connectivity index (χ1) is 11.4. The minimum Gasteiger partial charge on any atom is -0.480 e. The number of carbonyl (C=O) groups excluding carboxylic acids is 2. The molecule has 1 fully saturated rings. The van der Waals surface area contributed by atoms with Crippen molar-refractivity contribution in [2.45, 2.75) is 51.5 Å². The van der Waals surface area contributed by atoms with Crippen LogP contribution >= 0.6 is 0 Å². The molecule has 0 saturated heterocycles. The number of benzene rings is 1. The molecule has 1 aromatic carbocycles. The molecular formula is C19H23NO4. The van der Waals surface area contributed by atoms with E-state index in [2.05, 4.69) is 4.99 Å². The highest BCUT2D eigenvalue weighted by atomic mass is 16.4. The smallest absolute Gasteiger partial charge is 0.328 e. The number of rotatable bonds is 6. The van der Waals surface area contributed by atoms with Gasteiger partial charge in [0.2, 0.25) is 0 Å². The first kappa shape index (κ1) is 18.0. The highest BCUT2D eigenvalue weighted by Gasteiger charge is 2.38. The van der Waals surface area contributed by atoms with E-state index in [1.54, 1.807) is 0 Å². The lowest BCUT2D eigenvalue weighted by atomic mass is 9.74. The van der Waals surface area contributed by atoms with Gasteiger partial charge >= 0.3 is 5.97 Å². The number of carboxylic acid groups (broad SMARTS) is 1. The van der Waals surface area contributed by atoms with Gasteiger partial charge in [-0.05, 0) is 31.2 Å². The molecule has 1 aromatic rings. The number of carboxylic acids is 1. The van der Waals surface area contributed by atoms with Gasteiger partial charge in [-0.3, -0.25) is 14.6 Å². The van der Waals surface area contributed by atoms with Crippen LogP contribution in [-0.2, 0) is 14.4 Å². The predicted octanol–water partition coefficient (Wildman–Crippen LogP) is 3.03. The van der Waals surface area contributed by atoms with Crippen molar-refractivity contribution in [1.82, 2.24) is 0 Å². The molecule has 0 spiro atoms. The van der Waals surface area contributed by atoms with Crippen molar-refractivity contribution in [1.29, 1.82) is 0 Å². The van der Waals surface area contributed by atoms with Gasteiger partial charge < -0.3 is 5.11 Å². The Hall–Kier alpha value is -2.30. The van der Waals surface area contributed by atoms with Crippen LogP contribution in [0.1, 0.15) is 51.0 Å². The zero-order valence-electron chi connectivity index (χ0n) is 14.1. The number of Topliss-reactive ketones (excluding diaryl/α,β-unsaturated/α-hetero) is 2. The summed E-state index contributed by atoms with van der Waals surface area (Å²) in [4.78, 5) is 40.3. The summed E-state index contributed by atoms with van der Waals surface area (Å²) in [6.07, 6.45) is 1.72. The lowest BCUT2D eigenvalue weighted by molar-refractivity contribution is -0.138. The largest absolute Gasteiger partial charge is 0.480 e. The van der Waals surface area contributed by atoms with Crippen LogP contribution in [0.4, 0.5) is 0 Å². The first-order valence-corrected chi connectivity index (χ1v) is 8.33. The van der Waals surface area contributed by atoms with E-state index in [9.17, 15) is 14.4 Å². The van der Waals surface area contributed by atoms with E-state index in [0.717, 1.165) is 5.56 Å². The van der Waals surface area contributed by atoms with Crippen molar-refractivity contribution in [2.75, 3.05) is 0 Å². The van der Waals surface area contributed by atoms with Crippen LogP contribution in [0.5, 0.6) is 0 Å². The monoisotopic (exact) mass is 329 g/mol. The third-order valence-corrected chi connectivity index (χ3v) is 4.36. The number of hydrogen-bond donors (Lipinski definition) is 1. The van der Waals surface area contributed by atoms with Gasteiger partial charge in [-0.25, -0.2) is 4.79 Å². The minimum atomic E-state index is -1.06. The van der Waals surface area contributed by atoms with Gasteiger partial charge in [-0.1, -0.05) is 37.3 Å². The molecule has 1 aliphatic rings. The Balaban J connectivity index is 2.34. The molecule has 0 radical (unpaired) electrons. The summed E-state index contributed by atoms with van der Waals surface area (Å²) in [5.41, 5.74) is 1.44. The van der Waals surface area contributed by atoms with Gasteiger partial charge in [0.15, 0.2) is 0 Å². The van der Waals surface area contributed by atoms with Crippen LogP contribution in [-0.4, -0.2) is 34.4 Å². The zero-order valence-corrected chi connectivity index (χ0v) is 14.1. The fraction of sp³-hybridized carbons (Fsp3) is 0.474. The molecule has 1 N–H and O–H groups in total. The van der Waals surface area contributed by atoms with E-state index in [1.807, 2.05) is 37.3 Å². The van der Waals surface area contributed by atoms with Gasteiger partial charge in [-0.2, -0.15) is 0 Å². The Bertz CT molecular complexity index is 651. The number of ketones is 2. The molecule has 128 valence electrons. The van der Waals surface area contributed by atoms with E-state index in [1.165, 1.54) is 6.92 Å². The topological polar surface area (TPSA) is 83.8 Å². The van der Waals surface area contributed by atoms with Gasteiger partial charge in [0.1, 0.15) is 23.5 Å². The second-order valence-corrected chi connectivity index (χ2v) is 6.27. The molecule has 3 atom stereocenters. The van der Waals surface area contributed by atoms with Gasteiger partial charge in [-0.15, -0.1) is 0 Å². The van der Waals surface area contributed by atoms with Crippen LogP contribution in [0.15, 0.2) is 35.3 Å². The third-order valence-electron chi connectivity index (χ3n) is 4.36. The first-order valence-electron chi connectivity index (χ1n) is 8.33. The minimum absolute atomic E-state index is 0.0517. The number of hydrogen-bond acceptors (Lipinski definition) is 4. The SMILES string of the molecule is CCCC(=O)[C@@H]1C(=O)C[C@H](c2ccccc2)CC1=N[C@@H](C)C(=O)O. The van der Waals surface area contributed by atoms with Crippen molar-refractivity contribution in [2.24, 2.45) is 10.9 Å². The molecule has 1 aliphatic carbocycles. The fourth-order valence-corrected chi connectivity index (χ4v) is 3.14. The average Bonchev–Trinajstić information content (AvgIpc) is 2.55. The molecule has 0 heterocycles. The van der Waals surface area contributed by atoms with Crippen molar-refractivity contribution < 1.29 is 19.5 Å². The van der Waals surface area contributed by atoms with Gasteiger partial charge in [0.25, 0.3) is 0 Å². The molecule has 2 rings (SSSR count). The van der Waals surface area contributed by atoms with Crippen molar-refractivity contribution in [3.05, 3.63) is 35.9 Å². The van der Waals surface area contributed by atoms with Crippen LogP contribution in [0.2, 0.25) is 0 Å². The van der Waals surface area contributed by atoms with Crippen LogP contribution in [0, 0.1) is 5.92 Å². The Morgan fingerprint density at radius 3 is 2.50 bits per heavy atom. The van der Waals surface area contributed by atoms with E-state index in [4.69, 9.17) is 5.11 Å². The van der Waals surface area contributed by atoms with E-state index >= 15 is 0 Å². The maximum absolute atomic E-state index is 12.6. The highest BCUT2D eigenvalue weighted by molar-refractivity contribution is 6.22. The summed E-state index contributed by atoms with van der Waals surface area (Å²) in [5.74, 6) is -2.27. The lowest BCUT2D eigenvalue weighted by Gasteiger charge is -2.29. The Morgan fingerprint density at radius 2 is 1.92 bits per heavy atom. The Morgan fingerprint density at radius 1 is 1.25 bits per heavy atom. The second kappa shape index (κ2) is 7.99. The summed E-state index contributed by atoms with van der Waals surface area (Å²) in [6, 6.07) is 8.66. The lowest BCUT2D eigenvalue weighted by Crippen LogP contribution is -2.39. The predicted molar refractivity (Wildman–Crippen MR) is 91.4 cm³/mol. The van der Waals surface area contributed by atoms with Gasteiger partial charge in [0.05, 0.1) is 0 Å². The van der Waals surface area contributed by atoms with Crippen molar-refractivity contribution >= 4 is 23.2 Å². The van der Waals surface area contributed by atoms with E-state index in [-0.39, 0.29) is 17.5 Å². The highest BCUT2D eigenvalue weighted by Crippen LogP contribution is 2.33. The quantitative estimate of drug-likeness (QED) is 0.813. The normalized spacial score (nSPS) is 23.9. The standard InChI is InChI=1S/C19H23NO4/c1-3-7-16(21)18-15(20-12(2)19(23)24)10-14(11-17(18)22)13-8-5-4-6-9-13/h4-6,8-9,12,14,18H,3,7,10-11H2,1-2H3,(H,23,24)/t12-,14+,18+/m0/s1. The van der Waals surface area contributed by atoms with Crippen molar-refractivity contribution in [3.8, 4) is 0 Å². The summed E-state index contributed by atoms with van der Waals surface area (Å²) in [6.45, 7) is 3.35. The molecule has 0 bridgehead atoms. The van der Waals surface area contributed by atoms with E-state index in [0.29, 0.717) is 31.4 Å². The van der Waals surface area contributed by atoms with Crippen LogP contribution in [0.25, 0.3) is 0 Å².